The number of rotatable bonds is 3. The number of halogens is 3. The summed E-state index contributed by atoms with van der Waals surface area (Å²) in [6.45, 7) is 4.44. The van der Waals surface area contributed by atoms with Gasteiger partial charge in [-0.05, 0) is 38.5 Å². The van der Waals surface area contributed by atoms with Crippen molar-refractivity contribution in [3.8, 4) is 5.75 Å². The minimum Gasteiger partial charge on any atom is -0.494 e. The Kier molecular flexibility index (Phi) is 3.80. The van der Waals surface area contributed by atoms with Crippen LogP contribution in [0.1, 0.15) is 35.3 Å². The molecule has 0 aliphatic heterocycles. The number of benzene rings is 1. The number of ketones is 1. The quantitative estimate of drug-likeness (QED) is 0.761. The average Bonchev–Trinajstić information content (AvgIpc) is 2.18. The van der Waals surface area contributed by atoms with Crippen molar-refractivity contribution in [1.82, 2.24) is 0 Å². The number of Topliss-reactive ketones (excluding diaryl/α,β-unsaturated/α-hetero) is 1. The lowest BCUT2D eigenvalue weighted by atomic mass is 9.99. The highest BCUT2D eigenvalue weighted by atomic mass is 19.4. The molecule has 0 atom stereocenters. The zero-order chi connectivity index (χ0) is 13.2. The van der Waals surface area contributed by atoms with Crippen LogP contribution < -0.4 is 4.74 Å². The molecule has 1 rings (SSSR count). The molecule has 0 aliphatic carbocycles. The number of alkyl halides is 3. The summed E-state index contributed by atoms with van der Waals surface area (Å²) in [5, 5.41) is 0. The molecule has 17 heavy (non-hydrogen) atoms. The number of hydrogen-bond acceptors (Lipinski definition) is 2. The first-order valence-electron chi connectivity index (χ1n) is 5.13. The second kappa shape index (κ2) is 4.77. The van der Waals surface area contributed by atoms with Gasteiger partial charge in [0.25, 0.3) is 0 Å². The fourth-order valence-electron chi connectivity index (χ4n) is 1.60. The Hall–Kier alpha value is -1.52. The molecule has 0 aliphatic rings. The highest BCUT2D eigenvalue weighted by Crippen LogP contribution is 2.36. The van der Waals surface area contributed by atoms with Crippen LogP contribution in [0.4, 0.5) is 13.2 Å². The zero-order valence-corrected chi connectivity index (χ0v) is 9.81. The van der Waals surface area contributed by atoms with Crippen LogP contribution in [0.15, 0.2) is 12.1 Å². The van der Waals surface area contributed by atoms with Crippen molar-refractivity contribution in [1.29, 1.82) is 0 Å². The van der Waals surface area contributed by atoms with Gasteiger partial charge in [-0.15, -0.1) is 0 Å². The van der Waals surface area contributed by atoms with Crippen molar-refractivity contribution in [3.63, 3.8) is 0 Å². The van der Waals surface area contributed by atoms with Crippen LogP contribution in [-0.2, 0) is 6.18 Å². The number of carbonyl (C=O) groups excluding carboxylic acids is 1. The summed E-state index contributed by atoms with van der Waals surface area (Å²) in [5.74, 6) is -0.342. The van der Waals surface area contributed by atoms with Crippen molar-refractivity contribution >= 4 is 5.78 Å². The molecule has 0 spiro atoms. The zero-order valence-electron chi connectivity index (χ0n) is 9.81. The molecule has 0 saturated heterocycles. The van der Waals surface area contributed by atoms with Crippen molar-refractivity contribution in [2.24, 2.45) is 0 Å². The first-order chi connectivity index (χ1) is 7.77. The average molecular weight is 246 g/mol. The van der Waals surface area contributed by atoms with Gasteiger partial charge in [0.1, 0.15) is 5.75 Å². The van der Waals surface area contributed by atoms with E-state index in [1.54, 1.807) is 6.92 Å². The molecule has 0 heterocycles. The second-order valence-corrected chi connectivity index (χ2v) is 3.63. The lowest BCUT2D eigenvalue weighted by Gasteiger charge is -2.15. The molecule has 0 fully saturated rings. The number of carbonyl (C=O) groups is 1. The monoisotopic (exact) mass is 246 g/mol. The fourth-order valence-corrected chi connectivity index (χ4v) is 1.60. The molecule has 94 valence electrons. The van der Waals surface area contributed by atoms with Gasteiger partial charge in [-0.2, -0.15) is 13.2 Å². The van der Waals surface area contributed by atoms with Crippen LogP contribution in [0.3, 0.4) is 0 Å². The minimum atomic E-state index is -4.48. The molecule has 0 unspecified atom stereocenters. The summed E-state index contributed by atoms with van der Waals surface area (Å²) in [6, 6.07) is 2.27. The third-order valence-corrected chi connectivity index (χ3v) is 2.38. The number of hydrogen-bond donors (Lipinski definition) is 0. The molecule has 0 aromatic heterocycles. The largest absolute Gasteiger partial charge is 0.494 e. The molecule has 0 N–H and O–H groups in total. The van der Waals surface area contributed by atoms with Gasteiger partial charge in [-0.1, -0.05) is 0 Å². The van der Waals surface area contributed by atoms with Crippen LogP contribution in [0.5, 0.6) is 5.75 Å². The highest BCUT2D eigenvalue weighted by molar-refractivity contribution is 5.96. The smallest absolute Gasteiger partial charge is 0.416 e. The summed E-state index contributed by atoms with van der Waals surface area (Å²) in [4.78, 5) is 11.3. The lowest BCUT2D eigenvalue weighted by Crippen LogP contribution is -2.11. The van der Waals surface area contributed by atoms with Crippen molar-refractivity contribution < 1.29 is 22.7 Å². The number of ether oxygens (including phenoxy) is 1. The van der Waals surface area contributed by atoms with E-state index in [9.17, 15) is 18.0 Å². The van der Waals surface area contributed by atoms with E-state index in [-0.39, 0.29) is 23.5 Å². The third-order valence-electron chi connectivity index (χ3n) is 2.38. The van der Waals surface area contributed by atoms with Crippen LogP contribution in [-0.4, -0.2) is 12.4 Å². The van der Waals surface area contributed by atoms with Crippen LogP contribution in [0.25, 0.3) is 0 Å². The Balaban J connectivity index is 3.43. The molecule has 5 heteroatoms. The Morgan fingerprint density at radius 1 is 1.35 bits per heavy atom. The summed E-state index contributed by atoms with van der Waals surface area (Å²) in [7, 11) is 0. The van der Waals surface area contributed by atoms with Gasteiger partial charge >= 0.3 is 6.18 Å². The van der Waals surface area contributed by atoms with Crippen LogP contribution in [0, 0.1) is 6.92 Å². The summed E-state index contributed by atoms with van der Waals surface area (Å²) in [6.07, 6.45) is -4.48. The van der Waals surface area contributed by atoms with Gasteiger partial charge < -0.3 is 4.74 Å². The first kappa shape index (κ1) is 13.5. The molecule has 0 amide bonds. The van der Waals surface area contributed by atoms with Crippen molar-refractivity contribution in [2.75, 3.05) is 6.61 Å². The topological polar surface area (TPSA) is 26.3 Å². The standard InChI is InChI=1S/C12H13F3O2/c1-4-17-9-5-10(8(3)16)7(2)11(6-9)12(13,14)15/h5-6H,4H2,1-3H3. The SMILES string of the molecule is CCOc1cc(C(C)=O)c(C)c(C(F)(F)F)c1. The molecule has 0 radical (unpaired) electrons. The normalized spacial score (nSPS) is 11.4. The van der Waals surface area contributed by atoms with Gasteiger partial charge in [0, 0.05) is 5.56 Å². The van der Waals surface area contributed by atoms with Gasteiger partial charge in [-0.3, -0.25) is 4.79 Å². The Bertz CT molecular complexity index is 436. The molecule has 1 aromatic carbocycles. The second-order valence-electron chi connectivity index (χ2n) is 3.63. The predicted molar refractivity (Wildman–Crippen MR) is 57.4 cm³/mol. The van der Waals surface area contributed by atoms with E-state index in [1.165, 1.54) is 19.9 Å². The minimum absolute atomic E-state index is 0.0447. The van der Waals surface area contributed by atoms with Gasteiger partial charge in [0.05, 0.1) is 12.2 Å². The predicted octanol–water partition coefficient (Wildman–Crippen LogP) is 3.62. The van der Waals surface area contributed by atoms with E-state index < -0.39 is 17.5 Å². The van der Waals surface area contributed by atoms with Gasteiger partial charge in [0.15, 0.2) is 5.78 Å². The molecular formula is C12H13F3O2. The molecule has 2 nitrogen and oxygen atoms in total. The highest BCUT2D eigenvalue weighted by Gasteiger charge is 2.34. The van der Waals surface area contributed by atoms with E-state index in [0.717, 1.165) is 6.07 Å². The fraction of sp³-hybridized carbons (Fsp3) is 0.417. The van der Waals surface area contributed by atoms with E-state index in [0.29, 0.717) is 0 Å². The summed E-state index contributed by atoms with van der Waals surface area (Å²) >= 11 is 0. The van der Waals surface area contributed by atoms with E-state index in [2.05, 4.69) is 0 Å². The summed E-state index contributed by atoms with van der Waals surface area (Å²) in [5.41, 5.74) is -0.842. The third kappa shape index (κ3) is 2.99. The lowest BCUT2D eigenvalue weighted by molar-refractivity contribution is -0.138. The maximum Gasteiger partial charge on any atom is 0.416 e. The first-order valence-corrected chi connectivity index (χ1v) is 5.13. The van der Waals surface area contributed by atoms with Crippen molar-refractivity contribution in [3.05, 3.63) is 28.8 Å². The van der Waals surface area contributed by atoms with E-state index in [4.69, 9.17) is 4.74 Å². The molecular weight excluding hydrogens is 233 g/mol. The Labute approximate surface area is 97.4 Å². The van der Waals surface area contributed by atoms with Gasteiger partial charge in [-0.25, -0.2) is 0 Å². The van der Waals surface area contributed by atoms with E-state index in [1.807, 2.05) is 0 Å². The van der Waals surface area contributed by atoms with E-state index >= 15 is 0 Å². The molecule has 1 aromatic rings. The Morgan fingerprint density at radius 3 is 2.35 bits per heavy atom. The maximum atomic E-state index is 12.7. The molecule has 0 saturated carbocycles. The maximum absolute atomic E-state index is 12.7. The van der Waals surface area contributed by atoms with Crippen LogP contribution in [0.2, 0.25) is 0 Å². The van der Waals surface area contributed by atoms with Crippen molar-refractivity contribution in [2.45, 2.75) is 26.9 Å². The van der Waals surface area contributed by atoms with Gasteiger partial charge in [0.2, 0.25) is 0 Å². The molecule has 0 bridgehead atoms. The Morgan fingerprint density at radius 2 is 1.94 bits per heavy atom. The van der Waals surface area contributed by atoms with Crippen LogP contribution >= 0.6 is 0 Å². The summed E-state index contributed by atoms with van der Waals surface area (Å²) < 4.78 is 43.3.